The number of benzene rings is 1. The van der Waals surface area contributed by atoms with Crippen molar-refractivity contribution in [2.45, 2.75) is 6.54 Å². The second kappa shape index (κ2) is 6.39. The molecule has 0 unspecified atom stereocenters. The minimum Gasteiger partial charge on any atom is -0.492 e. The fourth-order valence-electron chi connectivity index (χ4n) is 1.39. The van der Waals surface area contributed by atoms with Crippen LogP contribution in [-0.4, -0.2) is 33.8 Å². The molecule has 0 atom stereocenters. The third-order valence-corrected chi connectivity index (χ3v) is 2.21. The predicted molar refractivity (Wildman–Crippen MR) is 65.0 cm³/mol. The highest BCUT2D eigenvalue weighted by Gasteiger charge is 2.02. The largest absolute Gasteiger partial charge is 0.492 e. The summed E-state index contributed by atoms with van der Waals surface area (Å²) < 4.78 is 6.91. The van der Waals surface area contributed by atoms with Crippen LogP contribution in [-0.2, 0) is 11.3 Å². The maximum atomic E-state index is 11.5. The SMILES string of the molecule is O=C(Cn1cncn1)NCCOc1ccccc1. The van der Waals surface area contributed by atoms with Crippen LogP contribution in [0.15, 0.2) is 43.0 Å². The zero-order valence-corrected chi connectivity index (χ0v) is 9.82. The molecule has 0 aliphatic heterocycles. The zero-order chi connectivity index (χ0) is 12.6. The van der Waals surface area contributed by atoms with Gasteiger partial charge < -0.3 is 10.1 Å². The fraction of sp³-hybridized carbons (Fsp3) is 0.250. The topological polar surface area (TPSA) is 69.0 Å². The first kappa shape index (κ1) is 12.1. The quantitative estimate of drug-likeness (QED) is 0.752. The highest BCUT2D eigenvalue weighted by atomic mass is 16.5. The van der Waals surface area contributed by atoms with E-state index in [1.165, 1.54) is 17.3 Å². The number of carbonyl (C=O) groups excluding carboxylic acids is 1. The highest BCUT2D eigenvalue weighted by Crippen LogP contribution is 2.07. The van der Waals surface area contributed by atoms with Gasteiger partial charge in [-0.15, -0.1) is 0 Å². The Bertz CT molecular complexity index is 470. The molecule has 1 N–H and O–H groups in total. The maximum Gasteiger partial charge on any atom is 0.241 e. The fourth-order valence-corrected chi connectivity index (χ4v) is 1.39. The second-order valence-corrected chi connectivity index (χ2v) is 3.60. The maximum absolute atomic E-state index is 11.5. The summed E-state index contributed by atoms with van der Waals surface area (Å²) in [6.45, 7) is 1.07. The number of aromatic nitrogens is 3. The number of hydrogen-bond acceptors (Lipinski definition) is 4. The summed E-state index contributed by atoms with van der Waals surface area (Å²) in [5.74, 6) is 0.681. The third-order valence-electron chi connectivity index (χ3n) is 2.21. The molecule has 2 aromatic rings. The van der Waals surface area contributed by atoms with E-state index in [-0.39, 0.29) is 12.5 Å². The molecule has 0 aliphatic rings. The standard InChI is InChI=1S/C12H14N4O2/c17-12(8-16-10-13-9-15-16)14-6-7-18-11-4-2-1-3-5-11/h1-5,9-10H,6-8H2,(H,14,17). The van der Waals surface area contributed by atoms with Crippen LogP contribution in [0.2, 0.25) is 0 Å². The van der Waals surface area contributed by atoms with E-state index in [1.54, 1.807) is 0 Å². The lowest BCUT2D eigenvalue weighted by atomic mass is 10.3. The minimum atomic E-state index is -0.114. The summed E-state index contributed by atoms with van der Waals surface area (Å²) in [6, 6.07) is 9.47. The number of hydrogen-bond donors (Lipinski definition) is 1. The van der Waals surface area contributed by atoms with Crippen LogP contribution in [0.4, 0.5) is 0 Å². The van der Waals surface area contributed by atoms with E-state index in [0.29, 0.717) is 13.2 Å². The van der Waals surface area contributed by atoms with Crippen LogP contribution in [0.25, 0.3) is 0 Å². The van der Waals surface area contributed by atoms with Gasteiger partial charge in [0.1, 0.15) is 31.6 Å². The molecule has 1 aromatic carbocycles. The van der Waals surface area contributed by atoms with Crippen molar-refractivity contribution in [2.75, 3.05) is 13.2 Å². The molecule has 2 rings (SSSR count). The summed E-state index contributed by atoms with van der Waals surface area (Å²) in [5, 5.41) is 6.58. The van der Waals surface area contributed by atoms with Gasteiger partial charge in [0, 0.05) is 0 Å². The lowest BCUT2D eigenvalue weighted by Crippen LogP contribution is -2.31. The Morgan fingerprint density at radius 1 is 1.33 bits per heavy atom. The molecular formula is C12H14N4O2. The van der Waals surface area contributed by atoms with Gasteiger partial charge in [0.05, 0.1) is 6.54 Å². The van der Waals surface area contributed by atoms with E-state index in [1.807, 2.05) is 30.3 Å². The molecule has 1 heterocycles. The molecule has 18 heavy (non-hydrogen) atoms. The van der Waals surface area contributed by atoms with Gasteiger partial charge in [0.15, 0.2) is 0 Å². The molecule has 6 nitrogen and oxygen atoms in total. The van der Waals surface area contributed by atoms with Crippen molar-refractivity contribution in [2.24, 2.45) is 0 Å². The number of ether oxygens (including phenoxy) is 1. The number of rotatable bonds is 6. The molecule has 0 spiro atoms. The molecule has 0 radical (unpaired) electrons. The Morgan fingerprint density at radius 3 is 2.89 bits per heavy atom. The van der Waals surface area contributed by atoms with Crippen LogP contribution in [0.1, 0.15) is 0 Å². The Hall–Kier alpha value is -2.37. The first-order valence-corrected chi connectivity index (χ1v) is 5.61. The Kier molecular flexibility index (Phi) is 4.29. The Morgan fingerprint density at radius 2 is 2.17 bits per heavy atom. The van der Waals surface area contributed by atoms with Crippen molar-refractivity contribution < 1.29 is 9.53 Å². The molecule has 94 valence electrons. The van der Waals surface area contributed by atoms with Gasteiger partial charge in [0.25, 0.3) is 0 Å². The number of carbonyl (C=O) groups is 1. The van der Waals surface area contributed by atoms with Crippen LogP contribution >= 0.6 is 0 Å². The van der Waals surface area contributed by atoms with Crippen molar-refractivity contribution in [3.8, 4) is 5.75 Å². The van der Waals surface area contributed by atoms with Gasteiger partial charge in [-0.2, -0.15) is 5.10 Å². The monoisotopic (exact) mass is 246 g/mol. The zero-order valence-electron chi connectivity index (χ0n) is 9.82. The van der Waals surface area contributed by atoms with Gasteiger partial charge >= 0.3 is 0 Å². The van der Waals surface area contributed by atoms with Gasteiger partial charge in [-0.1, -0.05) is 18.2 Å². The number of nitrogens with zero attached hydrogens (tertiary/aromatic N) is 3. The normalized spacial score (nSPS) is 10.0. The average Bonchev–Trinajstić information content (AvgIpc) is 2.89. The minimum absolute atomic E-state index is 0.114. The highest BCUT2D eigenvalue weighted by molar-refractivity contribution is 5.75. The molecule has 6 heteroatoms. The van der Waals surface area contributed by atoms with Crippen LogP contribution < -0.4 is 10.1 Å². The lowest BCUT2D eigenvalue weighted by Gasteiger charge is -2.07. The van der Waals surface area contributed by atoms with E-state index < -0.39 is 0 Å². The Balaban J connectivity index is 1.62. The summed E-state index contributed by atoms with van der Waals surface area (Å²) in [7, 11) is 0. The first-order valence-electron chi connectivity index (χ1n) is 5.61. The predicted octanol–water partition coefficient (Wildman–Crippen LogP) is 0.473. The van der Waals surface area contributed by atoms with E-state index >= 15 is 0 Å². The van der Waals surface area contributed by atoms with Crippen molar-refractivity contribution in [3.05, 3.63) is 43.0 Å². The summed E-state index contributed by atoms with van der Waals surface area (Å²) in [5.41, 5.74) is 0. The number of amides is 1. The van der Waals surface area contributed by atoms with E-state index in [2.05, 4.69) is 15.4 Å². The molecule has 1 amide bonds. The molecule has 1 aromatic heterocycles. The summed E-state index contributed by atoms with van der Waals surface area (Å²) in [4.78, 5) is 15.2. The average molecular weight is 246 g/mol. The lowest BCUT2D eigenvalue weighted by molar-refractivity contribution is -0.121. The van der Waals surface area contributed by atoms with Crippen LogP contribution in [0, 0.1) is 0 Å². The van der Waals surface area contributed by atoms with Gasteiger partial charge in [-0.3, -0.25) is 4.79 Å². The summed E-state index contributed by atoms with van der Waals surface area (Å²) in [6.07, 6.45) is 2.89. The van der Waals surface area contributed by atoms with E-state index in [9.17, 15) is 4.79 Å². The smallest absolute Gasteiger partial charge is 0.241 e. The molecule has 0 bridgehead atoms. The first-order chi connectivity index (χ1) is 8.84. The van der Waals surface area contributed by atoms with Gasteiger partial charge in [-0.05, 0) is 12.1 Å². The third kappa shape index (κ3) is 3.89. The van der Waals surface area contributed by atoms with E-state index in [0.717, 1.165) is 5.75 Å². The van der Waals surface area contributed by atoms with Gasteiger partial charge in [-0.25, -0.2) is 9.67 Å². The van der Waals surface area contributed by atoms with Gasteiger partial charge in [0.2, 0.25) is 5.91 Å². The van der Waals surface area contributed by atoms with Crippen molar-refractivity contribution in [3.63, 3.8) is 0 Å². The number of nitrogens with one attached hydrogen (secondary N) is 1. The van der Waals surface area contributed by atoms with Crippen molar-refractivity contribution >= 4 is 5.91 Å². The Labute approximate surface area is 105 Å². The van der Waals surface area contributed by atoms with Crippen molar-refractivity contribution in [1.29, 1.82) is 0 Å². The molecule has 0 saturated carbocycles. The summed E-state index contributed by atoms with van der Waals surface area (Å²) >= 11 is 0. The molecule has 0 aliphatic carbocycles. The molecular weight excluding hydrogens is 232 g/mol. The number of para-hydroxylation sites is 1. The van der Waals surface area contributed by atoms with Crippen molar-refractivity contribution in [1.82, 2.24) is 20.1 Å². The van der Waals surface area contributed by atoms with Crippen LogP contribution in [0.5, 0.6) is 5.75 Å². The van der Waals surface area contributed by atoms with E-state index in [4.69, 9.17) is 4.74 Å². The molecule has 0 saturated heterocycles. The molecule has 0 fully saturated rings. The second-order valence-electron chi connectivity index (χ2n) is 3.60. The van der Waals surface area contributed by atoms with Crippen LogP contribution in [0.3, 0.4) is 0 Å².